The summed E-state index contributed by atoms with van der Waals surface area (Å²) in [7, 11) is 2.61. The van der Waals surface area contributed by atoms with Crippen LogP contribution in [0.25, 0.3) is 11.2 Å². The molecule has 0 saturated carbocycles. The number of methoxy groups -OCH3 is 1. The number of aromatic nitrogens is 6. The molecule has 2 fully saturated rings. The molecule has 0 aromatic carbocycles. The van der Waals surface area contributed by atoms with Gasteiger partial charge in [-0.25, -0.2) is 24.3 Å². The van der Waals surface area contributed by atoms with Crippen LogP contribution in [-0.4, -0.2) is 89.7 Å². The van der Waals surface area contributed by atoms with Gasteiger partial charge in [0, 0.05) is 32.8 Å². The Balaban J connectivity index is 1.27. The normalized spacial score (nSPS) is 30.2. The first-order valence-corrected chi connectivity index (χ1v) is 14.7. The predicted octanol–water partition coefficient (Wildman–Crippen LogP) is -1.04. The Kier molecular flexibility index (Phi) is 8.15. The van der Waals surface area contributed by atoms with Gasteiger partial charge in [0.05, 0.1) is 25.6 Å². The second kappa shape index (κ2) is 11.3. The van der Waals surface area contributed by atoms with Crippen LogP contribution in [0, 0.1) is 0 Å². The standard InChI is InChI=1S/C21H28N7O10PS/c1-26-13(31)3-4-27(21(26)32)20-17(34-2)16(11(6-29)37-20)38-39(33,40)35-7-12-10(30)5-14(36-12)28-9-25-15-18(22)23-8-24-19(15)28/h3-4,8-12,14,16-17,20,29-30H,5-7H2,1-2H3,(H,33,40)(H2,22,23,24)/t10-,11-,12-,14-,16+,17?,20-,39?/m1/s1. The first kappa shape index (κ1) is 28.8. The number of aliphatic hydroxyl groups excluding tert-OH is 2. The van der Waals surface area contributed by atoms with Crippen LogP contribution in [0.2, 0.25) is 0 Å². The number of hydrogen-bond acceptors (Lipinski definition) is 14. The monoisotopic (exact) mass is 601 g/mol. The van der Waals surface area contributed by atoms with Crippen LogP contribution in [0.1, 0.15) is 18.9 Å². The van der Waals surface area contributed by atoms with Crippen molar-refractivity contribution in [1.82, 2.24) is 28.7 Å². The number of hydrogen-bond donors (Lipinski definition) is 4. The lowest BCUT2D eigenvalue weighted by Crippen LogP contribution is -2.42. The van der Waals surface area contributed by atoms with Crippen LogP contribution in [0.5, 0.6) is 0 Å². The fraction of sp³-hybridized carbons (Fsp3) is 0.571. The molecule has 4 N–H and O–H groups in total. The third kappa shape index (κ3) is 5.34. The minimum atomic E-state index is -4.16. The zero-order valence-corrected chi connectivity index (χ0v) is 23.1. The highest BCUT2D eigenvalue weighted by Gasteiger charge is 2.50. The van der Waals surface area contributed by atoms with E-state index in [0.29, 0.717) is 11.2 Å². The summed E-state index contributed by atoms with van der Waals surface area (Å²) in [6.45, 7) is -5.10. The van der Waals surface area contributed by atoms with Gasteiger partial charge in [0.1, 0.15) is 42.5 Å². The fourth-order valence-electron chi connectivity index (χ4n) is 4.71. The molecule has 0 amide bonds. The van der Waals surface area contributed by atoms with E-state index in [1.54, 1.807) is 4.57 Å². The van der Waals surface area contributed by atoms with E-state index in [9.17, 15) is 24.4 Å². The second-order valence-corrected chi connectivity index (χ2v) is 12.1. The molecule has 0 radical (unpaired) electrons. The van der Waals surface area contributed by atoms with Crippen molar-refractivity contribution < 1.29 is 38.0 Å². The number of rotatable bonds is 9. The van der Waals surface area contributed by atoms with Crippen molar-refractivity contribution in [2.45, 2.75) is 49.4 Å². The Morgan fingerprint density at radius 1 is 1.20 bits per heavy atom. The smallest absolute Gasteiger partial charge is 0.386 e. The minimum Gasteiger partial charge on any atom is -0.394 e. The number of fused-ring (bicyclic) bond motifs is 1. The van der Waals surface area contributed by atoms with Gasteiger partial charge in [-0.3, -0.25) is 27.5 Å². The highest BCUT2D eigenvalue weighted by atomic mass is 32.7. The third-order valence-electron chi connectivity index (χ3n) is 6.79. The van der Waals surface area contributed by atoms with Crippen LogP contribution in [0.15, 0.2) is 34.5 Å². The van der Waals surface area contributed by atoms with Crippen LogP contribution < -0.4 is 17.0 Å². The second-order valence-electron chi connectivity index (χ2n) is 9.20. The summed E-state index contributed by atoms with van der Waals surface area (Å²) in [6, 6.07) is 1.17. The molecule has 2 unspecified atom stereocenters. The van der Waals surface area contributed by atoms with Crippen LogP contribution in [0.3, 0.4) is 0 Å². The summed E-state index contributed by atoms with van der Waals surface area (Å²) >= 11 is 4.05. The van der Waals surface area contributed by atoms with Gasteiger partial charge in [0.15, 0.2) is 17.7 Å². The van der Waals surface area contributed by atoms with Crippen LogP contribution >= 0.6 is 19.0 Å². The number of thiol groups is 1. The highest BCUT2D eigenvalue weighted by Crippen LogP contribution is 2.56. The Labute approximate surface area is 231 Å². The van der Waals surface area contributed by atoms with Gasteiger partial charge in [-0.15, -0.1) is 0 Å². The molecular weight excluding hydrogens is 573 g/mol. The van der Waals surface area contributed by atoms with Gasteiger partial charge in [-0.2, -0.15) is 0 Å². The Bertz CT molecular complexity index is 1550. The van der Waals surface area contributed by atoms with Gasteiger partial charge >= 0.3 is 12.5 Å². The Morgan fingerprint density at radius 2 is 1.98 bits per heavy atom. The molecule has 19 heteroatoms. The number of anilines is 1. The quantitative estimate of drug-likeness (QED) is 0.170. The SMILES string of the molecule is COC1[C@@H](OP(=O)(S)OC[C@H]2O[C@@H](n3cnc4c(N)ncnc43)C[C@H]2O)[C@@H](CO)O[C@H]1n1ccc(=O)n(C)c1=O. The number of nitrogens with two attached hydrogens (primary N) is 1. The number of ether oxygens (including phenoxy) is 3. The van der Waals surface area contributed by atoms with Crippen LogP contribution in [-0.2, 0) is 34.9 Å². The summed E-state index contributed by atoms with van der Waals surface area (Å²) in [5.41, 5.74) is 5.42. The lowest BCUT2D eigenvalue weighted by atomic mass is 10.1. The Morgan fingerprint density at radius 3 is 2.70 bits per heavy atom. The molecule has 3 aromatic rings. The number of nitrogens with zero attached hydrogens (tertiary/aromatic N) is 6. The zero-order chi connectivity index (χ0) is 28.8. The van der Waals surface area contributed by atoms with Crippen molar-refractivity contribution >= 4 is 36.0 Å². The molecule has 0 spiro atoms. The van der Waals surface area contributed by atoms with Crippen LogP contribution in [0.4, 0.5) is 5.82 Å². The van der Waals surface area contributed by atoms with Crippen molar-refractivity contribution in [2.75, 3.05) is 26.1 Å². The molecule has 218 valence electrons. The van der Waals surface area contributed by atoms with E-state index >= 15 is 0 Å². The van der Waals surface area contributed by atoms with E-state index in [1.807, 2.05) is 0 Å². The molecule has 2 saturated heterocycles. The molecule has 2 aliphatic heterocycles. The van der Waals surface area contributed by atoms with E-state index in [-0.39, 0.29) is 18.8 Å². The van der Waals surface area contributed by atoms with Gasteiger partial charge in [0.2, 0.25) is 0 Å². The van der Waals surface area contributed by atoms with Crippen molar-refractivity contribution in [2.24, 2.45) is 7.05 Å². The lowest BCUT2D eigenvalue weighted by Gasteiger charge is -2.26. The molecule has 17 nitrogen and oxygen atoms in total. The summed E-state index contributed by atoms with van der Waals surface area (Å²) in [5, 5.41) is 20.5. The van der Waals surface area contributed by atoms with Gasteiger partial charge in [-0.05, 0) is 0 Å². The topological polar surface area (TPSA) is 217 Å². The van der Waals surface area contributed by atoms with Crippen molar-refractivity contribution in [1.29, 1.82) is 0 Å². The number of nitrogen functional groups attached to an aromatic ring is 1. The third-order valence-corrected chi connectivity index (χ3v) is 8.40. The van der Waals surface area contributed by atoms with E-state index in [2.05, 4.69) is 27.2 Å². The van der Waals surface area contributed by atoms with E-state index in [1.165, 1.54) is 39.1 Å². The maximum atomic E-state index is 13.2. The molecule has 2 aliphatic rings. The molecule has 0 bridgehead atoms. The number of aliphatic hydroxyl groups is 2. The van der Waals surface area contributed by atoms with E-state index in [0.717, 1.165) is 9.13 Å². The molecule has 8 atom stereocenters. The molecule has 0 aliphatic carbocycles. The first-order valence-electron chi connectivity index (χ1n) is 12.0. The summed E-state index contributed by atoms with van der Waals surface area (Å²) in [6.07, 6.45) is -2.85. The van der Waals surface area contributed by atoms with E-state index in [4.69, 9.17) is 29.0 Å². The van der Waals surface area contributed by atoms with Gasteiger partial charge in [-0.1, -0.05) is 12.2 Å². The van der Waals surface area contributed by atoms with Gasteiger partial charge in [0.25, 0.3) is 5.56 Å². The van der Waals surface area contributed by atoms with Crippen molar-refractivity contribution in [3.8, 4) is 0 Å². The maximum Gasteiger partial charge on any atom is 0.386 e. The molecule has 40 heavy (non-hydrogen) atoms. The highest BCUT2D eigenvalue weighted by molar-refractivity contribution is 8.44. The molecular formula is C21H28N7O10PS. The Hall–Kier alpha value is -2.67. The largest absolute Gasteiger partial charge is 0.394 e. The first-order chi connectivity index (χ1) is 19.0. The maximum absolute atomic E-state index is 13.2. The lowest BCUT2D eigenvalue weighted by molar-refractivity contribution is -0.0630. The average Bonchev–Trinajstić information content (AvgIpc) is 3.61. The summed E-state index contributed by atoms with van der Waals surface area (Å²) < 4.78 is 45.0. The molecule has 5 heterocycles. The summed E-state index contributed by atoms with van der Waals surface area (Å²) in [5.74, 6) is 0.199. The van der Waals surface area contributed by atoms with Gasteiger partial charge < -0.3 is 30.2 Å². The van der Waals surface area contributed by atoms with Crippen molar-refractivity contribution in [3.05, 3.63) is 45.8 Å². The average molecular weight is 602 g/mol. The fourth-order valence-corrected chi connectivity index (χ4v) is 6.19. The summed E-state index contributed by atoms with van der Waals surface area (Å²) in [4.78, 5) is 36.7. The minimum absolute atomic E-state index is 0.159. The van der Waals surface area contributed by atoms with E-state index < -0.39 is 67.6 Å². The number of imidazole rings is 1. The molecule has 5 rings (SSSR count). The predicted molar refractivity (Wildman–Crippen MR) is 139 cm³/mol. The zero-order valence-electron chi connectivity index (χ0n) is 21.3. The molecule has 3 aromatic heterocycles. The van der Waals surface area contributed by atoms with Crippen molar-refractivity contribution in [3.63, 3.8) is 0 Å².